The molecule has 4 nitrogen and oxygen atoms in total. The Kier molecular flexibility index (Phi) is 2.91. The van der Waals surface area contributed by atoms with Crippen molar-refractivity contribution in [1.29, 1.82) is 0 Å². The molecule has 1 aliphatic heterocycles. The van der Waals surface area contributed by atoms with Crippen LogP contribution in [0.25, 0.3) is 0 Å². The number of fused-ring (bicyclic) bond motifs is 1. The average molecular weight is 261 g/mol. The van der Waals surface area contributed by atoms with Gasteiger partial charge < -0.3 is 10.1 Å². The molecule has 1 unspecified atom stereocenters. The molecule has 1 N–H and O–H groups in total. The van der Waals surface area contributed by atoms with Gasteiger partial charge in [0.2, 0.25) is 5.13 Å². The molecular formula is C13H15N3OS. The van der Waals surface area contributed by atoms with Gasteiger partial charge in [0, 0.05) is 23.5 Å². The predicted octanol–water partition coefficient (Wildman–Crippen LogP) is 2.95. The number of hydrogen-bond donors (Lipinski definition) is 1. The standard InChI is InChI=1S/C13H15N3OS/c1-3-12-15-13(18-16-12)14-10-7-17-11-5-4-8(2)6-9(10)11/h4-6,10H,3,7H2,1-2H3,(H,14,15,16). The second-order valence-corrected chi connectivity index (χ2v) is 5.17. The minimum atomic E-state index is 0.178. The summed E-state index contributed by atoms with van der Waals surface area (Å²) in [6.45, 7) is 4.80. The van der Waals surface area contributed by atoms with Gasteiger partial charge in [0.05, 0.1) is 6.04 Å². The van der Waals surface area contributed by atoms with Crippen molar-refractivity contribution in [3.05, 3.63) is 35.2 Å². The van der Waals surface area contributed by atoms with Gasteiger partial charge in [-0.25, -0.2) is 4.98 Å². The largest absolute Gasteiger partial charge is 0.491 e. The third-order valence-electron chi connectivity index (χ3n) is 3.03. The Balaban J connectivity index is 1.81. The van der Waals surface area contributed by atoms with Crippen molar-refractivity contribution in [3.63, 3.8) is 0 Å². The smallest absolute Gasteiger partial charge is 0.203 e. The maximum atomic E-state index is 5.67. The van der Waals surface area contributed by atoms with Crippen molar-refractivity contribution in [1.82, 2.24) is 9.36 Å². The van der Waals surface area contributed by atoms with E-state index in [2.05, 4.69) is 40.7 Å². The molecule has 1 aromatic heterocycles. The fraction of sp³-hybridized carbons (Fsp3) is 0.385. The van der Waals surface area contributed by atoms with Crippen molar-refractivity contribution >= 4 is 16.7 Å². The van der Waals surface area contributed by atoms with Gasteiger partial charge in [-0.05, 0) is 13.0 Å². The van der Waals surface area contributed by atoms with Gasteiger partial charge in [-0.1, -0.05) is 24.6 Å². The SMILES string of the molecule is CCc1nsc(NC2COc3ccc(C)cc32)n1. The molecule has 1 atom stereocenters. The van der Waals surface area contributed by atoms with Crippen LogP contribution in [0.2, 0.25) is 0 Å². The summed E-state index contributed by atoms with van der Waals surface area (Å²) in [7, 11) is 0. The minimum absolute atomic E-state index is 0.178. The molecule has 1 aromatic carbocycles. The molecule has 0 radical (unpaired) electrons. The van der Waals surface area contributed by atoms with Crippen LogP contribution in [0.4, 0.5) is 5.13 Å². The van der Waals surface area contributed by atoms with Crippen LogP contribution < -0.4 is 10.1 Å². The normalized spacial score (nSPS) is 17.3. The molecule has 2 heterocycles. The van der Waals surface area contributed by atoms with Gasteiger partial charge in [-0.2, -0.15) is 4.37 Å². The number of aromatic nitrogens is 2. The van der Waals surface area contributed by atoms with Gasteiger partial charge in [-0.15, -0.1) is 0 Å². The first-order chi connectivity index (χ1) is 8.76. The summed E-state index contributed by atoms with van der Waals surface area (Å²) in [6.07, 6.45) is 0.870. The number of aryl methyl sites for hydroxylation is 2. The van der Waals surface area contributed by atoms with E-state index in [1.165, 1.54) is 22.7 Å². The van der Waals surface area contributed by atoms with Gasteiger partial charge in [0.15, 0.2) is 0 Å². The second-order valence-electron chi connectivity index (χ2n) is 4.42. The van der Waals surface area contributed by atoms with Crippen LogP contribution in [-0.4, -0.2) is 16.0 Å². The molecule has 0 bridgehead atoms. The fourth-order valence-corrected chi connectivity index (χ4v) is 2.76. The number of hydrogen-bond acceptors (Lipinski definition) is 5. The van der Waals surface area contributed by atoms with Gasteiger partial charge in [0.25, 0.3) is 0 Å². The van der Waals surface area contributed by atoms with Crippen molar-refractivity contribution in [2.45, 2.75) is 26.3 Å². The monoisotopic (exact) mass is 261 g/mol. The third kappa shape index (κ3) is 2.06. The van der Waals surface area contributed by atoms with Crippen LogP contribution in [0, 0.1) is 6.92 Å². The molecule has 3 rings (SSSR count). The Labute approximate surface area is 110 Å². The molecule has 0 saturated carbocycles. The number of nitrogens with zero attached hydrogens (tertiary/aromatic N) is 2. The van der Waals surface area contributed by atoms with Crippen LogP contribution in [0.15, 0.2) is 18.2 Å². The zero-order chi connectivity index (χ0) is 12.5. The van der Waals surface area contributed by atoms with Crippen molar-refractivity contribution in [2.24, 2.45) is 0 Å². The molecule has 5 heteroatoms. The van der Waals surface area contributed by atoms with Crippen LogP contribution >= 0.6 is 11.5 Å². The van der Waals surface area contributed by atoms with E-state index in [0.717, 1.165) is 23.1 Å². The average Bonchev–Trinajstić information content (AvgIpc) is 2.97. The van der Waals surface area contributed by atoms with Gasteiger partial charge in [0.1, 0.15) is 18.2 Å². The molecular weight excluding hydrogens is 246 g/mol. The highest BCUT2D eigenvalue weighted by atomic mass is 32.1. The lowest BCUT2D eigenvalue weighted by Gasteiger charge is -2.09. The second kappa shape index (κ2) is 4.57. The van der Waals surface area contributed by atoms with Crippen LogP contribution in [-0.2, 0) is 6.42 Å². The number of nitrogens with one attached hydrogen (secondary N) is 1. The Bertz CT molecular complexity index is 567. The molecule has 0 amide bonds. The van der Waals surface area contributed by atoms with Crippen LogP contribution in [0.3, 0.4) is 0 Å². The number of rotatable bonds is 3. The zero-order valence-electron chi connectivity index (χ0n) is 10.4. The van der Waals surface area contributed by atoms with E-state index < -0.39 is 0 Å². The molecule has 0 saturated heterocycles. The van der Waals surface area contributed by atoms with E-state index in [1.807, 2.05) is 6.07 Å². The van der Waals surface area contributed by atoms with Crippen molar-refractivity contribution < 1.29 is 4.74 Å². The summed E-state index contributed by atoms with van der Waals surface area (Å²) < 4.78 is 9.94. The van der Waals surface area contributed by atoms with Gasteiger partial charge in [-0.3, -0.25) is 0 Å². The lowest BCUT2D eigenvalue weighted by molar-refractivity contribution is 0.340. The summed E-state index contributed by atoms with van der Waals surface area (Å²) in [4.78, 5) is 4.43. The summed E-state index contributed by atoms with van der Waals surface area (Å²) in [6, 6.07) is 6.45. The molecule has 2 aromatic rings. The van der Waals surface area contributed by atoms with E-state index in [1.54, 1.807) is 0 Å². The van der Waals surface area contributed by atoms with Crippen LogP contribution in [0.5, 0.6) is 5.75 Å². The molecule has 1 aliphatic rings. The van der Waals surface area contributed by atoms with E-state index in [-0.39, 0.29) is 6.04 Å². The molecule has 18 heavy (non-hydrogen) atoms. The zero-order valence-corrected chi connectivity index (χ0v) is 11.3. The third-order valence-corrected chi connectivity index (χ3v) is 3.71. The Morgan fingerprint density at radius 1 is 1.50 bits per heavy atom. The summed E-state index contributed by atoms with van der Waals surface area (Å²) in [5.74, 6) is 1.87. The lowest BCUT2D eigenvalue weighted by atomic mass is 10.1. The maximum Gasteiger partial charge on any atom is 0.203 e. The summed E-state index contributed by atoms with van der Waals surface area (Å²) in [5, 5.41) is 4.27. The first-order valence-corrected chi connectivity index (χ1v) is 6.86. The number of anilines is 1. The molecule has 0 aliphatic carbocycles. The minimum Gasteiger partial charge on any atom is -0.491 e. The van der Waals surface area contributed by atoms with E-state index in [9.17, 15) is 0 Å². The highest BCUT2D eigenvalue weighted by Crippen LogP contribution is 2.35. The Hall–Kier alpha value is -1.62. The van der Waals surface area contributed by atoms with E-state index in [4.69, 9.17) is 4.74 Å². The van der Waals surface area contributed by atoms with E-state index >= 15 is 0 Å². The highest BCUT2D eigenvalue weighted by molar-refractivity contribution is 7.09. The number of benzene rings is 1. The quantitative estimate of drug-likeness (QED) is 0.922. The predicted molar refractivity (Wildman–Crippen MR) is 72.3 cm³/mol. The summed E-state index contributed by atoms with van der Waals surface area (Å²) >= 11 is 1.41. The van der Waals surface area contributed by atoms with Gasteiger partial charge >= 0.3 is 0 Å². The number of ether oxygens (including phenoxy) is 1. The van der Waals surface area contributed by atoms with Crippen LogP contribution in [0.1, 0.15) is 29.9 Å². The lowest BCUT2D eigenvalue weighted by Crippen LogP contribution is -2.11. The first kappa shape index (κ1) is 11.5. The maximum absolute atomic E-state index is 5.67. The molecule has 94 valence electrons. The topological polar surface area (TPSA) is 47.0 Å². The summed E-state index contributed by atoms with van der Waals surface area (Å²) in [5.41, 5.74) is 2.46. The van der Waals surface area contributed by atoms with Crippen molar-refractivity contribution in [2.75, 3.05) is 11.9 Å². The molecule has 0 spiro atoms. The first-order valence-electron chi connectivity index (χ1n) is 6.08. The van der Waals surface area contributed by atoms with E-state index in [0.29, 0.717) is 6.61 Å². The highest BCUT2D eigenvalue weighted by Gasteiger charge is 2.24. The van der Waals surface area contributed by atoms with Crippen molar-refractivity contribution in [3.8, 4) is 5.75 Å². The fourth-order valence-electron chi connectivity index (χ4n) is 2.06. The molecule has 0 fully saturated rings. The Morgan fingerprint density at radius 3 is 3.17 bits per heavy atom. The Morgan fingerprint density at radius 2 is 2.39 bits per heavy atom.